The summed E-state index contributed by atoms with van der Waals surface area (Å²) < 4.78 is 10.6. The van der Waals surface area contributed by atoms with Crippen LogP contribution in [0.15, 0.2) is 42.5 Å². The van der Waals surface area contributed by atoms with Crippen molar-refractivity contribution in [1.29, 1.82) is 0 Å². The number of aliphatic hydroxyl groups excluding tert-OH is 1. The SMILES string of the molecule is COc1ccccc1OCC(O)CNC(=O)c1cccc([N+](=O)[O-])c1C. The highest BCUT2D eigenvalue weighted by atomic mass is 16.6. The highest BCUT2D eigenvalue weighted by Crippen LogP contribution is 2.25. The number of hydrogen-bond acceptors (Lipinski definition) is 6. The predicted molar refractivity (Wildman–Crippen MR) is 94.7 cm³/mol. The second-order valence-corrected chi connectivity index (χ2v) is 5.53. The average molecular weight is 360 g/mol. The van der Waals surface area contributed by atoms with Gasteiger partial charge in [0.2, 0.25) is 0 Å². The molecule has 1 unspecified atom stereocenters. The first-order chi connectivity index (χ1) is 12.4. The van der Waals surface area contributed by atoms with Gasteiger partial charge in [-0.15, -0.1) is 0 Å². The monoisotopic (exact) mass is 360 g/mol. The smallest absolute Gasteiger partial charge is 0.273 e. The van der Waals surface area contributed by atoms with Gasteiger partial charge in [0.15, 0.2) is 11.5 Å². The Kier molecular flexibility index (Phi) is 6.51. The van der Waals surface area contributed by atoms with Gasteiger partial charge in [0.05, 0.1) is 12.0 Å². The minimum atomic E-state index is -0.956. The third-order valence-electron chi connectivity index (χ3n) is 3.75. The van der Waals surface area contributed by atoms with Crippen LogP contribution in [0.3, 0.4) is 0 Å². The number of amides is 1. The van der Waals surface area contributed by atoms with Crippen molar-refractivity contribution in [1.82, 2.24) is 5.32 Å². The molecule has 1 atom stereocenters. The van der Waals surface area contributed by atoms with Gasteiger partial charge in [-0.05, 0) is 25.1 Å². The molecule has 138 valence electrons. The fourth-order valence-corrected chi connectivity index (χ4v) is 2.36. The Bertz CT molecular complexity index is 793. The number of para-hydroxylation sites is 2. The van der Waals surface area contributed by atoms with Crippen molar-refractivity contribution in [2.24, 2.45) is 0 Å². The lowest BCUT2D eigenvalue weighted by Crippen LogP contribution is -2.35. The maximum Gasteiger partial charge on any atom is 0.273 e. The van der Waals surface area contributed by atoms with Crippen LogP contribution in [0, 0.1) is 17.0 Å². The third kappa shape index (κ3) is 4.70. The van der Waals surface area contributed by atoms with Gasteiger partial charge in [-0.2, -0.15) is 0 Å². The zero-order chi connectivity index (χ0) is 19.1. The van der Waals surface area contributed by atoms with Crippen LogP contribution in [0.5, 0.6) is 11.5 Å². The van der Waals surface area contributed by atoms with Crippen molar-refractivity contribution in [2.75, 3.05) is 20.3 Å². The molecule has 2 rings (SSSR count). The first kappa shape index (κ1) is 19.2. The molecule has 1 amide bonds. The number of nitrogens with zero attached hydrogens (tertiary/aromatic N) is 1. The van der Waals surface area contributed by atoms with Crippen molar-refractivity contribution in [3.63, 3.8) is 0 Å². The molecule has 0 spiro atoms. The van der Waals surface area contributed by atoms with E-state index in [1.165, 1.54) is 32.2 Å². The molecule has 0 radical (unpaired) electrons. The number of carbonyl (C=O) groups excluding carboxylic acids is 1. The van der Waals surface area contributed by atoms with Gasteiger partial charge < -0.3 is 19.9 Å². The molecule has 2 aromatic rings. The number of nitro benzene ring substituents is 1. The van der Waals surface area contributed by atoms with E-state index in [0.717, 1.165) is 0 Å². The van der Waals surface area contributed by atoms with Crippen molar-refractivity contribution < 1.29 is 24.3 Å². The molecule has 0 aliphatic heterocycles. The third-order valence-corrected chi connectivity index (χ3v) is 3.75. The van der Waals surface area contributed by atoms with E-state index in [1.807, 2.05) is 0 Å². The first-order valence-corrected chi connectivity index (χ1v) is 7.90. The molecular weight excluding hydrogens is 340 g/mol. The molecule has 26 heavy (non-hydrogen) atoms. The van der Waals surface area contributed by atoms with Crippen LogP contribution >= 0.6 is 0 Å². The zero-order valence-corrected chi connectivity index (χ0v) is 14.5. The molecule has 0 aromatic heterocycles. The van der Waals surface area contributed by atoms with Crippen molar-refractivity contribution in [3.05, 3.63) is 63.7 Å². The molecule has 0 saturated carbocycles. The lowest BCUT2D eigenvalue weighted by Gasteiger charge is -2.15. The van der Waals surface area contributed by atoms with E-state index in [-0.39, 0.29) is 30.0 Å². The molecule has 0 aliphatic carbocycles. The maximum atomic E-state index is 12.2. The molecule has 2 aromatic carbocycles. The molecular formula is C18H20N2O6. The number of nitro groups is 1. The summed E-state index contributed by atoms with van der Waals surface area (Å²) in [6.07, 6.45) is -0.956. The molecule has 0 heterocycles. The summed E-state index contributed by atoms with van der Waals surface area (Å²) in [5.74, 6) is 0.522. The number of carbonyl (C=O) groups is 1. The van der Waals surface area contributed by atoms with Crippen molar-refractivity contribution >= 4 is 11.6 Å². The van der Waals surface area contributed by atoms with Crippen molar-refractivity contribution in [3.8, 4) is 11.5 Å². The van der Waals surface area contributed by atoms with Gasteiger partial charge in [0.25, 0.3) is 11.6 Å². The maximum absolute atomic E-state index is 12.2. The van der Waals surface area contributed by atoms with E-state index in [4.69, 9.17) is 9.47 Å². The second-order valence-electron chi connectivity index (χ2n) is 5.53. The summed E-state index contributed by atoms with van der Waals surface area (Å²) in [6, 6.07) is 11.3. The summed E-state index contributed by atoms with van der Waals surface area (Å²) in [4.78, 5) is 22.6. The number of nitrogens with one attached hydrogen (secondary N) is 1. The Hall–Kier alpha value is -3.13. The Labute approximate surface area is 150 Å². The summed E-state index contributed by atoms with van der Waals surface area (Å²) in [5, 5.41) is 23.5. The number of benzene rings is 2. The molecule has 0 bridgehead atoms. The molecule has 8 heteroatoms. The summed E-state index contributed by atoms with van der Waals surface area (Å²) in [7, 11) is 1.51. The van der Waals surface area contributed by atoms with Gasteiger partial charge in [-0.25, -0.2) is 0 Å². The van der Waals surface area contributed by atoms with E-state index in [9.17, 15) is 20.0 Å². The molecule has 0 aliphatic rings. The molecule has 8 nitrogen and oxygen atoms in total. The van der Waals surface area contributed by atoms with Gasteiger partial charge >= 0.3 is 0 Å². The number of methoxy groups -OCH3 is 1. The van der Waals surface area contributed by atoms with Crippen LogP contribution in [-0.2, 0) is 0 Å². The van der Waals surface area contributed by atoms with E-state index in [1.54, 1.807) is 24.3 Å². The van der Waals surface area contributed by atoms with E-state index < -0.39 is 16.9 Å². The van der Waals surface area contributed by atoms with Crippen LogP contribution in [0.1, 0.15) is 15.9 Å². The normalized spacial score (nSPS) is 11.5. The standard InChI is InChI=1S/C18H20N2O6/c1-12-14(6-5-7-15(12)20(23)24)18(22)19-10-13(21)11-26-17-9-4-3-8-16(17)25-2/h3-9,13,21H,10-11H2,1-2H3,(H,19,22). The minimum Gasteiger partial charge on any atom is -0.493 e. The number of hydrogen-bond donors (Lipinski definition) is 2. The second kappa shape index (κ2) is 8.82. The van der Waals surface area contributed by atoms with E-state index in [0.29, 0.717) is 11.5 Å². The summed E-state index contributed by atoms with van der Waals surface area (Å²) >= 11 is 0. The van der Waals surface area contributed by atoms with Crippen LogP contribution in [0.25, 0.3) is 0 Å². The van der Waals surface area contributed by atoms with Gasteiger partial charge in [0, 0.05) is 23.7 Å². The lowest BCUT2D eigenvalue weighted by atomic mass is 10.1. The van der Waals surface area contributed by atoms with Crippen LogP contribution in [0.4, 0.5) is 5.69 Å². The Morgan fingerprint density at radius 3 is 2.58 bits per heavy atom. The largest absolute Gasteiger partial charge is 0.493 e. The molecule has 0 saturated heterocycles. The summed E-state index contributed by atoms with van der Waals surface area (Å²) in [6.45, 7) is 1.40. The predicted octanol–water partition coefficient (Wildman–Crippen LogP) is 2.08. The number of rotatable bonds is 8. The van der Waals surface area contributed by atoms with Crippen molar-refractivity contribution in [2.45, 2.75) is 13.0 Å². The summed E-state index contributed by atoms with van der Waals surface area (Å²) in [5.41, 5.74) is 0.338. The van der Waals surface area contributed by atoms with Crippen LogP contribution < -0.4 is 14.8 Å². The topological polar surface area (TPSA) is 111 Å². The van der Waals surface area contributed by atoms with Crippen LogP contribution in [0.2, 0.25) is 0 Å². The first-order valence-electron chi connectivity index (χ1n) is 7.90. The fraction of sp³-hybridized carbons (Fsp3) is 0.278. The number of ether oxygens (including phenoxy) is 2. The molecule has 2 N–H and O–H groups in total. The van der Waals surface area contributed by atoms with E-state index in [2.05, 4.69) is 5.32 Å². The van der Waals surface area contributed by atoms with Crippen LogP contribution in [-0.4, -0.2) is 42.3 Å². The quantitative estimate of drug-likeness (QED) is 0.551. The Balaban J connectivity index is 1.91. The molecule has 0 fully saturated rings. The Morgan fingerprint density at radius 2 is 1.92 bits per heavy atom. The van der Waals surface area contributed by atoms with Gasteiger partial charge in [-0.3, -0.25) is 14.9 Å². The van der Waals surface area contributed by atoms with E-state index >= 15 is 0 Å². The Morgan fingerprint density at radius 1 is 1.23 bits per heavy atom. The highest BCUT2D eigenvalue weighted by Gasteiger charge is 2.18. The van der Waals surface area contributed by atoms with Gasteiger partial charge in [-0.1, -0.05) is 18.2 Å². The highest BCUT2D eigenvalue weighted by molar-refractivity contribution is 5.96. The number of aliphatic hydroxyl groups is 1. The fourth-order valence-electron chi connectivity index (χ4n) is 2.36. The zero-order valence-electron chi connectivity index (χ0n) is 14.5. The lowest BCUT2D eigenvalue weighted by molar-refractivity contribution is -0.385. The average Bonchev–Trinajstić information content (AvgIpc) is 2.64. The minimum absolute atomic E-state index is 0.0471. The van der Waals surface area contributed by atoms with Gasteiger partial charge in [0.1, 0.15) is 12.7 Å².